The van der Waals surface area contributed by atoms with E-state index in [0.29, 0.717) is 12.3 Å². The van der Waals surface area contributed by atoms with E-state index in [2.05, 4.69) is 22.2 Å². The average molecular weight is 348 g/mol. The Labute approximate surface area is 147 Å². The molecule has 0 bridgehead atoms. The van der Waals surface area contributed by atoms with Gasteiger partial charge in [0.2, 0.25) is 0 Å². The molecular formula is C18H22ClN3O2. The molecule has 128 valence electrons. The van der Waals surface area contributed by atoms with Crippen LogP contribution >= 0.6 is 11.6 Å². The Morgan fingerprint density at radius 2 is 1.92 bits per heavy atom. The number of halogens is 1. The van der Waals surface area contributed by atoms with Crippen molar-refractivity contribution >= 4 is 17.5 Å². The van der Waals surface area contributed by atoms with E-state index in [1.54, 1.807) is 12.1 Å². The molecule has 0 spiro atoms. The summed E-state index contributed by atoms with van der Waals surface area (Å²) < 4.78 is 5.16. The number of carbonyl (C=O) groups is 1. The zero-order chi connectivity index (χ0) is 16.9. The van der Waals surface area contributed by atoms with Gasteiger partial charge in [-0.3, -0.25) is 9.69 Å². The summed E-state index contributed by atoms with van der Waals surface area (Å²) in [6.45, 7) is 4.53. The van der Waals surface area contributed by atoms with Crippen molar-refractivity contribution in [3.05, 3.63) is 59.0 Å². The highest BCUT2D eigenvalue weighted by molar-refractivity contribution is 6.30. The van der Waals surface area contributed by atoms with Crippen molar-refractivity contribution in [1.82, 2.24) is 15.1 Å². The summed E-state index contributed by atoms with van der Waals surface area (Å²) in [5.41, 5.74) is 1.16. The van der Waals surface area contributed by atoms with Crippen LogP contribution in [-0.2, 0) is 0 Å². The Morgan fingerprint density at radius 3 is 2.54 bits per heavy atom. The molecule has 1 atom stereocenters. The molecule has 1 aliphatic heterocycles. The maximum atomic E-state index is 12.2. The third-order valence-electron chi connectivity index (χ3n) is 4.43. The second kappa shape index (κ2) is 7.83. The lowest BCUT2D eigenvalue weighted by molar-refractivity contribution is 0.0863. The molecule has 0 unspecified atom stereocenters. The first-order valence-corrected chi connectivity index (χ1v) is 8.51. The lowest BCUT2D eigenvalue weighted by Crippen LogP contribution is -2.48. The lowest BCUT2D eigenvalue weighted by atomic mass is 10.0. The zero-order valence-electron chi connectivity index (χ0n) is 13.7. The fourth-order valence-corrected chi connectivity index (χ4v) is 3.09. The van der Waals surface area contributed by atoms with E-state index < -0.39 is 0 Å². The van der Waals surface area contributed by atoms with Gasteiger partial charge in [-0.25, -0.2) is 0 Å². The molecule has 1 aromatic carbocycles. The zero-order valence-corrected chi connectivity index (χ0v) is 14.5. The van der Waals surface area contributed by atoms with Crippen LogP contribution in [0, 0.1) is 0 Å². The summed E-state index contributed by atoms with van der Waals surface area (Å²) in [4.78, 5) is 16.9. The molecule has 1 aromatic heterocycles. The van der Waals surface area contributed by atoms with Crippen molar-refractivity contribution in [1.29, 1.82) is 0 Å². The fourth-order valence-electron chi connectivity index (χ4n) is 2.96. The number of amides is 1. The van der Waals surface area contributed by atoms with Gasteiger partial charge in [-0.05, 0) is 36.9 Å². The Kier molecular flexibility index (Phi) is 5.56. The van der Waals surface area contributed by atoms with Crippen molar-refractivity contribution in [3.8, 4) is 0 Å². The smallest absolute Gasteiger partial charge is 0.287 e. The quantitative estimate of drug-likeness (QED) is 0.903. The minimum atomic E-state index is -0.187. The van der Waals surface area contributed by atoms with E-state index >= 15 is 0 Å². The van der Waals surface area contributed by atoms with Crippen molar-refractivity contribution in [2.45, 2.75) is 6.04 Å². The molecule has 2 heterocycles. The monoisotopic (exact) mass is 347 g/mol. The van der Waals surface area contributed by atoms with Gasteiger partial charge in [0.1, 0.15) is 0 Å². The van der Waals surface area contributed by atoms with Gasteiger partial charge < -0.3 is 14.6 Å². The van der Waals surface area contributed by atoms with Gasteiger partial charge in [0.05, 0.1) is 12.3 Å². The van der Waals surface area contributed by atoms with Crippen LogP contribution in [0.5, 0.6) is 0 Å². The normalized spacial score (nSPS) is 17.6. The van der Waals surface area contributed by atoms with Crippen LogP contribution < -0.4 is 5.32 Å². The van der Waals surface area contributed by atoms with Crippen LogP contribution in [0.1, 0.15) is 22.2 Å². The average Bonchev–Trinajstić information content (AvgIpc) is 3.12. The summed E-state index contributed by atoms with van der Waals surface area (Å²) in [5, 5.41) is 3.70. The first-order chi connectivity index (χ1) is 11.6. The van der Waals surface area contributed by atoms with Crippen LogP contribution in [-0.4, -0.2) is 55.5 Å². The third kappa shape index (κ3) is 4.17. The van der Waals surface area contributed by atoms with Crippen molar-refractivity contribution in [2.75, 3.05) is 39.8 Å². The molecule has 0 aliphatic carbocycles. The molecule has 1 amide bonds. The summed E-state index contributed by atoms with van der Waals surface area (Å²) in [6.07, 6.45) is 1.51. The highest BCUT2D eigenvalue weighted by Crippen LogP contribution is 2.23. The van der Waals surface area contributed by atoms with E-state index in [0.717, 1.165) is 36.8 Å². The van der Waals surface area contributed by atoms with Gasteiger partial charge in [-0.1, -0.05) is 23.7 Å². The minimum absolute atomic E-state index is 0.120. The molecule has 0 saturated carbocycles. The maximum Gasteiger partial charge on any atom is 0.287 e. The third-order valence-corrected chi connectivity index (χ3v) is 4.69. The van der Waals surface area contributed by atoms with E-state index in [-0.39, 0.29) is 11.9 Å². The number of rotatable bonds is 5. The molecule has 0 radical (unpaired) electrons. The van der Waals surface area contributed by atoms with Crippen molar-refractivity contribution in [3.63, 3.8) is 0 Å². The molecule has 3 rings (SSSR count). The van der Waals surface area contributed by atoms with Gasteiger partial charge in [0.25, 0.3) is 5.91 Å². The van der Waals surface area contributed by atoms with Crippen LogP contribution in [0.2, 0.25) is 5.02 Å². The highest BCUT2D eigenvalue weighted by atomic mass is 35.5. The van der Waals surface area contributed by atoms with Crippen molar-refractivity contribution < 1.29 is 9.21 Å². The summed E-state index contributed by atoms with van der Waals surface area (Å²) in [5.74, 6) is 0.149. The van der Waals surface area contributed by atoms with Crippen molar-refractivity contribution in [2.24, 2.45) is 0 Å². The van der Waals surface area contributed by atoms with Gasteiger partial charge in [-0.2, -0.15) is 0 Å². The number of carbonyl (C=O) groups excluding carboxylic acids is 1. The number of benzene rings is 1. The standard InChI is InChI=1S/C18H22ClN3O2/c1-21-8-10-22(11-9-21)16(14-4-6-15(19)7-5-14)13-20-18(23)17-3-2-12-24-17/h2-7,12,16H,8-11,13H2,1H3,(H,20,23)/t16-/m0/s1. The fraction of sp³-hybridized carbons (Fsp3) is 0.389. The summed E-state index contributed by atoms with van der Waals surface area (Å²) >= 11 is 6.01. The number of piperazine rings is 1. The van der Waals surface area contributed by atoms with Crippen LogP contribution in [0.3, 0.4) is 0 Å². The molecule has 2 aromatic rings. The Hall–Kier alpha value is -1.82. The van der Waals surface area contributed by atoms with E-state index in [1.807, 2.05) is 24.3 Å². The summed E-state index contributed by atoms with van der Waals surface area (Å²) in [6, 6.07) is 11.4. The van der Waals surface area contributed by atoms with Gasteiger partial charge in [0.15, 0.2) is 5.76 Å². The number of nitrogens with one attached hydrogen (secondary N) is 1. The number of likely N-dealkylation sites (N-methyl/N-ethyl adjacent to an activating group) is 1. The number of nitrogens with zero attached hydrogens (tertiary/aromatic N) is 2. The summed E-state index contributed by atoms with van der Waals surface area (Å²) in [7, 11) is 2.13. The second-order valence-corrected chi connectivity index (χ2v) is 6.53. The Bertz CT molecular complexity index is 649. The molecule has 1 aliphatic rings. The molecule has 6 heteroatoms. The van der Waals surface area contributed by atoms with E-state index in [9.17, 15) is 4.79 Å². The molecule has 1 saturated heterocycles. The van der Waals surface area contributed by atoms with Gasteiger partial charge >= 0.3 is 0 Å². The number of furan rings is 1. The van der Waals surface area contributed by atoms with Gasteiger partial charge in [-0.15, -0.1) is 0 Å². The van der Waals surface area contributed by atoms with Crippen LogP contribution in [0.15, 0.2) is 47.1 Å². The van der Waals surface area contributed by atoms with Crippen LogP contribution in [0.25, 0.3) is 0 Å². The first kappa shape index (κ1) is 17.0. The maximum absolute atomic E-state index is 12.2. The molecular weight excluding hydrogens is 326 g/mol. The molecule has 24 heavy (non-hydrogen) atoms. The highest BCUT2D eigenvalue weighted by Gasteiger charge is 2.24. The SMILES string of the molecule is CN1CCN([C@@H](CNC(=O)c2ccco2)c2ccc(Cl)cc2)CC1. The molecule has 1 N–H and O–H groups in total. The largest absolute Gasteiger partial charge is 0.459 e. The van der Waals surface area contributed by atoms with E-state index in [4.69, 9.17) is 16.0 Å². The second-order valence-electron chi connectivity index (χ2n) is 6.09. The Morgan fingerprint density at radius 1 is 1.21 bits per heavy atom. The van der Waals surface area contributed by atoms with Crippen LogP contribution in [0.4, 0.5) is 0 Å². The molecule has 5 nitrogen and oxygen atoms in total. The number of hydrogen-bond acceptors (Lipinski definition) is 4. The predicted octanol–water partition coefficient (Wildman–Crippen LogP) is 2.65. The molecule has 1 fully saturated rings. The van der Waals surface area contributed by atoms with Gasteiger partial charge in [0, 0.05) is 37.7 Å². The predicted molar refractivity (Wildman–Crippen MR) is 94.3 cm³/mol. The number of hydrogen-bond donors (Lipinski definition) is 1. The minimum Gasteiger partial charge on any atom is -0.459 e. The lowest BCUT2D eigenvalue weighted by Gasteiger charge is -2.38. The first-order valence-electron chi connectivity index (χ1n) is 8.13. The van der Waals surface area contributed by atoms with E-state index in [1.165, 1.54) is 6.26 Å². The topological polar surface area (TPSA) is 48.7 Å². The Balaban J connectivity index is 1.71.